The number of ether oxygens (including phenoxy) is 1. The zero-order valence-electron chi connectivity index (χ0n) is 19.2. The van der Waals surface area contributed by atoms with Gasteiger partial charge in [-0.2, -0.15) is 0 Å². The summed E-state index contributed by atoms with van der Waals surface area (Å²) in [5.41, 5.74) is -0.500. The van der Waals surface area contributed by atoms with E-state index in [0.717, 1.165) is 25.2 Å². The van der Waals surface area contributed by atoms with Crippen molar-refractivity contribution in [3.8, 4) is 0 Å². The Hall–Kier alpha value is -2.25. The number of anilines is 1. The molecular formula is C22H36N4O4. The van der Waals surface area contributed by atoms with Gasteiger partial charge in [0.15, 0.2) is 11.6 Å². The zero-order valence-corrected chi connectivity index (χ0v) is 19.2. The molecule has 2 fully saturated rings. The number of likely N-dealkylation sites (tertiary alicyclic amines) is 1. The molecule has 2 amide bonds. The molecule has 0 aromatic carbocycles. The summed E-state index contributed by atoms with van der Waals surface area (Å²) in [6.07, 6.45) is 1.83. The Kier molecular flexibility index (Phi) is 6.62. The highest BCUT2D eigenvalue weighted by atomic mass is 16.6. The number of rotatable bonds is 4. The quantitative estimate of drug-likeness (QED) is 0.742. The van der Waals surface area contributed by atoms with Gasteiger partial charge in [-0.1, -0.05) is 19.0 Å². The van der Waals surface area contributed by atoms with Crippen LogP contribution < -0.4 is 4.90 Å². The minimum absolute atomic E-state index is 0.120. The molecule has 168 valence electrons. The predicted octanol–water partition coefficient (Wildman–Crippen LogP) is 3.48. The van der Waals surface area contributed by atoms with Gasteiger partial charge >= 0.3 is 6.09 Å². The van der Waals surface area contributed by atoms with Crippen molar-refractivity contribution in [3.63, 3.8) is 0 Å². The molecule has 30 heavy (non-hydrogen) atoms. The normalized spacial score (nSPS) is 21.3. The van der Waals surface area contributed by atoms with Gasteiger partial charge in [-0.25, -0.2) is 4.79 Å². The lowest BCUT2D eigenvalue weighted by atomic mass is 9.91. The highest BCUT2D eigenvalue weighted by Gasteiger charge is 2.36. The van der Waals surface area contributed by atoms with Crippen molar-refractivity contribution in [3.05, 3.63) is 11.8 Å². The molecule has 0 spiro atoms. The van der Waals surface area contributed by atoms with Crippen molar-refractivity contribution in [2.45, 2.75) is 71.9 Å². The molecule has 0 aliphatic carbocycles. The maximum Gasteiger partial charge on any atom is 0.410 e. The number of nitrogens with zero attached hydrogens (tertiary/aromatic N) is 4. The number of hydrogen-bond acceptors (Lipinski definition) is 6. The van der Waals surface area contributed by atoms with Crippen LogP contribution in [0.2, 0.25) is 0 Å². The van der Waals surface area contributed by atoms with Gasteiger partial charge in [-0.3, -0.25) is 4.79 Å². The Bertz CT molecular complexity index is 747. The molecule has 3 rings (SSSR count). The van der Waals surface area contributed by atoms with E-state index in [4.69, 9.17) is 9.26 Å². The summed E-state index contributed by atoms with van der Waals surface area (Å²) in [6.45, 7) is 15.0. The number of aromatic nitrogens is 1. The Morgan fingerprint density at radius 2 is 1.83 bits per heavy atom. The molecular weight excluding hydrogens is 384 g/mol. The molecule has 8 heteroatoms. The van der Waals surface area contributed by atoms with Crippen molar-refractivity contribution in [1.82, 2.24) is 15.0 Å². The van der Waals surface area contributed by atoms with Crippen LogP contribution in [0.4, 0.5) is 10.6 Å². The summed E-state index contributed by atoms with van der Waals surface area (Å²) in [6, 6.07) is 2.17. The molecule has 2 unspecified atom stereocenters. The number of hydrogen-bond donors (Lipinski definition) is 0. The Morgan fingerprint density at radius 3 is 2.37 bits per heavy atom. The van der Waals surface area contributed by atoms with Crippen molar-refractivity contribution >= 4 is 17.8 Å². The summed E-state index contributed by atoms with van der Waals surface area (Å²) >= 11 is 0. The van der Waals surface area contributed by atoms with E-state index < -0.39 is 5.60 Å². The second-order valence-electron chi connectivity index (χ2n) is 9.79. The average Bonchev–Trinajstić information content (AvgIpc) is 3.29. The minimum Gasteiger partial charge on any atom is -0.444 e. The Labute approximate surface area is 179 Å². The fraction of sp³-hybridized carbons (Fsp3) is 0.773. The molecule has 2 aliphatic heterocycles. The molecule has 1 aromatic rings. The van der Waals surface area contributed by atoms with Crippen LogP contribution in [-0.2, 0) is 9.53 Å². The van der Waals surface area contributed by atoms with Crippen LogP contribution in [0, 0.1) is 5.92 Å². The first-order chi connectivity index (χ1) is 14.1. The van der Waals surface area contributed by atoms with Crippen LogP contribution in [0.15, 0.2) is 10.6 Å². The second kappa shape index (κ2) is 8.86. The third-order valence-electron chi connectivity index (χ3n) is 5.85. The van der Waals surface area contributed by atoms with Crippen LogP contribution in [0.3, 0.4) is 0 Å². The maximum absolute atomic E-state index is 13.2. The molecule has 2 saturated heterocycles. The van der Waals surface area contributed by atoms with E-state index >= 15 is 0 Å². The first kappa shape index (κ1) is 22.4. The van der Waals surface area contributed by atoms with Crippen LogP contribution in [0.1, 0.15) is 66.1 Å². The minimum atomic E-state index is -0.500. The standard InChI is InChI=1S/C22H36N4O4/c1-15(2)19(20(27)26-9-7-8-16(26)3)17-14-18(23-30-17)24-10-12-25(13-11-24)21(28)29-22(4,5)6/h14-16,19H,7-13H2,1-6H3. The number of amides is 2. The average molecular weight is 421 g/mol. The maximum atomic E-state index is 13.2. The lowest BCUT2D eigenvalue weighted by molar-refractivity contribution is -0.134. The molecule has 0 bridgehead atoms. The van der Waals surface area contributed by atoms with Gasteiger partial charge in [0.1, 0.15) is 11.5 Å². The van der Waals surface area contributed by atoms with Crippen LogP contribution >= 0.6 is 0 Å². The van der Waals surface area contributed by atoms with Gasteiger partial charge < -0.3 is 24.0 Å². The van der Waals surface area contributed by atoms with Crippen LogP contribution in [0.25, 0.3) is 0 Å². The summed E-state index contributed by atoms with van der Waals surface area (Å²) < 4.78 is 11.1. The highest BCUT2D eigenvalue weighted by Crippen LogP contribution is 2.32. The third kappa shape index (κ3) is 5.08. The van der Waals surface area contributed by atoms with Crippen molar-refractivity contribution in [2.24, 2.45) is 5.92 Å². The van der Waals surface area contributed by atoms with Gasteiger partial charge in [0.2, 0.25) is 5.91 Å². The highest BCUT2D eigenvalue weighted by molar-refractivity contribution is 5.84. The second-order valence-corrected chi connectivity index (χ2v) is 9.79. The number of piperazine rings is 1. The van der Waals surface area contributed by atoms with Crippen molar-refractivity contribution in [2.75, 3.05) is 37.6 Å². The van der Waals surface area contributed by atoms with Crippen LogP contribution in [-0.4, -0.2) is 71.3 Å². The van der Waals surface area contributed by atoms with E-state index in [1.807, 2.05) is 45.6 Å². The molecule has 2 atom stereocenters. The number of carbonyl (C=O) groups excluding carboxylic acids is 2. The largest absolute Gasteiger partial charge is 0.444 e. The lowest BCUT2D eigenvalue weighted by Gasteiger charge is -2.35. The SMILES string of the molecule is CC(C)C(C(=O)N1CCCC1C)c1cc(N2CCN(C(=O)OC(C)(C)C)CC2)no1. The van der Waals surface area contributed by atoms with E-state index in [2.05, 4.69) is 17.0 Å². The molecule has 3 heterocycles. The van der Waals surface area contributed by atoms with Crippen molar-refractivity contribution < 1.29 is 18.8 Å². The van der Waals surface area contributed by atoms with Crippen molar-refractivity contribution in [1.29, 1.82) is 0 Å². The number of carbonyl (C=O) groups is 2. The van der Waals surface area contributed by atoms with Gasteiger partial charge in [0.05, 0.1) is 0 Å². The smallest absolute Gasteiger partial charge is 0.410 e. The molecule has 2 aliphatic rings. The van der Waals surface area contributed by atoms with Gasteiger partial charge in [0, 0.05) is 44.8 Å². The van der Waals surface area contributed by atoms with Gasteiger partial charge in [-0.05, 0) is 46.5 Å². The molecule has 8 nitrogen and oxygen atoms in total. The topological polar surface area (TPSA) is 79.1 Å². The van der Waals surface area contributed by atoms with Gasteiger partial charge in [-0.15, -0.1) is 0 Å². The molecule has 0 N–H and O–H groups in total. The Morgan fingerprint density at radius 1 is 1.17 bits per heavy atom. The fourth-order valence-electron chi connectivity index (χ4n) is 4.19. The van der Waals surface area contributed by atoms with Crippen LogP contribution in [0.5, 0.6) is 0 Å². The van der Waals surface area contributed by atoms with E-state index in [-0.39, 0.29) is 29.9 Å². The van der Waals surface area contributed by atoms with Gasteiger partial charge in [0.25, 0.3) is 0 Å². The summed E-state index contributed by atoms with van der Waals surface area (Å²) in [5.74, 6) is 1.28. The fourth-order valence-corrected chi connectivity index (χ4v) is 4.19. The Balaban J connectivity index is 1.64. The molecule has 0 radical (unpaired) electrons. The zero-order chi connectivity index (χ0) is 22.1. The lowest BCUT2D eigenvalue weighted by Crippen LogP contribution is -2.50. The summed E-state index contributed by atoms with van der Waals surface area (Å²) in [7, 11) is 0. The van der Waals surface area contributed by atoms with E-state index in [1.165, 1.54) is 0 Å². The summed E-state index contributed by atoms with van der Waals surface area (Å²) in [5, 5.41) is 4.25. The monoisotopic (exact) mass is 420 g/mol. The molecule has 0 saturated carbocycles. The summed E-state index contributed by atoms with van der Waals surface area (Å²) in [4.78, 5) is 31.2. The first-order valence-electron chi connectivity index (χ1n) is 11.1. The van der Waals surface area contributed by atoms with E-state index in [9.17, 15) is 9.59 Å². The third-order valence-corrected chi connectivity index (χ3v) is 5.85. The molecule has 1 aromatic heterocycles. The first-order valence-corrected chi connectivity index (χ1v) is 11.1. The van der Waals surface area contributed by atoms with E-state index in [1.54, 1.807) is 4.90 Å². The predicted molar refractivity (Wildman–Crippen MR) is 115 cm³/mol. The van der Waals surface area contributed by atoms with E-state index in [0.29, 0.717) is 31.9 Å².